The number of carbonyl (C=O) groups is 2. The van der Waals surface area contributed by atoms with Gasteiger partial charge in [-0.1, -0.05) is 6.07 Å². The van der Waals surface area contributed by atoms with E-state index >= 15 is 0 Å². The van der Waals surface area contributed by atoms with E-state index in [2.05, 4.69) is 5.32 Å². The molecule has 7 nitrogen and oxygen atoms in total. The molecular weight excluding hydrogens is 417 g/mol. The normalized spacial score (nSPS) is 14.1. The SMILES string of the molecule is COc1cccc(C(=O)OCC(=O)Nc2cc(C(F)(F)F)ccc2N2CCOCC2)c1. The van der Waals surface area contributed by atoms with Gasteiger partial charge >= 0.3 is 12.1 Å². The van der Waals surface area contributed by atoms with Crippen LogP contribution in [0.3, 0.4) is 0 Å². The van der Waals surface area contributed by atoms with Crippen molar-refractivity contribution in [1.82, 2.24) is 0 Å². The quantitative estimate of drug-likeness (QED) is 0.698. The lowest BCUT2D eigenvalue weighted by Gasteiger charge is -2.31. The van der Waals surface area contributed by atoms with Gasteiger partial charge in [0.1, 0.15) is 5.75 Å². The molecule has 166 valence electrons. The van der Waals surface area contributed by atoms with Crippen molar-refractivity contribution in [2.24, 2.45) is 0 Å². The highest BCUT2D eigenvalue weighted by molar-refractivity contribution is 5.97. The van der Waals surface area contributed by atoms with Gasteiger partial charge in [-0.2, -0.15) is 13.2 Å². The number of esters is 1. The van der Waals surface area contributed by atoms with Gasteiger partial charge in [0.25, 0.3) is 5.91 Å². The van der Waals surface area contributed by atoms with Crippen molar-refractivity contribution >= 4 is 23.3 Å². The number of anilines is 2. The summed E-state index contributed by atoms with van der Waals surface area (Å²) >= 11 is 0. The Morgan fingerprint density at radius 1 is 1.13 bits per heavy atom. The molecule has 1 heterocycles. The van der Waals surface area contributed by atoms with E-state index in [0.29, 0.717) is 37.7 Å². The minimum Gasteiger partial charge on any atom is -0.497 e. The molecule has 1 saturated heterocycles. The number of carbonyl (C=O) groups excluding carboxylic acids is 2. The Kier molecular flexibility index (Phi) is 7.01. The zero-order valence-electron chi connectivity index (χ0n) is 16.7. The van der Waals surface area contributed by atoms with E-state index in [0.717, 1.165) is 12.1 Å². The van der Waals surface area contributed by atoms with E-state index in [-0.39, 0.29) is 11.3 Å². The molecule has 0 spiro atoms. The van der Waals surface area contributed by atoms with Gasteiger partial charge in [-0.3, -0.25) is 4.79 Å². The summed E-state index contributed by atoms with van der Waals surface area (Å²) < 4.78 is 54.7. The van der Waals surface area contributed by atoms with Crippen molar-refractivity contribution in [3.8, 4) is 5.75 Å². The first-order chi connectivity index (χ1) is 14.8. The lowest BCUT2D eigenvalue weighted by atomic mass is 10.1. The second-order valence-corrected chi connectivity index (χ2v) is 6.69. The number of amides is 1. The second-order valence-electron chi connectivity index (χ2n) is 6.69. The molecule has 2 aromatic carbocycles. The lowest BCUT2D eigenvalue weighted by Crippen LogP contribution is -2.37. The molecule has 1 fully saturated rings. The molecule has 0 atom stereocenters. The summed E-state index contributed by atoms with van der Waals surface area (Å²) in [4.78, 5) is 26.3. The largest absolute Gasteiger partial charge is 0.497 e. The van der Waals surface area contributed by atoms with Gasteiger partial charge in [0.05, 0.1) is 42.8 Å². The first kappa shape index (κ1) is 22.4. The van der Waals surface area contributed by atoms with E-state index in [1.807, 2.05) is 4.90 Å². The number of methoxy groups -OCH3 is 1. The van der Waals surface area contributed by atoms with Crippen LogP contribution in [0.1, 0.15) is 15.9 Å². The van der Waals surface area contributed by atoms with Crippen LogP contribution in [-0.2, 0) is 20.4 Å². The number of hydrogen-bond donors (Lipinski definition) is 1. The summed E-state index contributed by atoms with van der Waals surface area (Å²) in [6, 6.07) is 9.31. The third-order valence-corrected chi connectivity index (χ3v) is 4.59. The van der Waals surface area contributed by atoms with Gasteiger partial charge in [-0.05, 0) is 36.4 Å². The summed E-state index contributed by atoms with van der Waals surface area (Å²) in [5.41, 5.74) is -0.295. The Morgan fingerprint density at radius 2 is 1.87 bits per heavy atom. The predicted octanol–water partition coefficient (Wildman–Crippen LogP) is 3.35. The predicted molar refractivity (Wildman–Crippen MR) is 106 cm³/mol. The van der Waals surface area contributed by atoms with Crippen LogP contribution in [0.5, 0.6) is 5.75 Å². The van der Waals surface area contributed by atoms with Crippen molar-refractivity contribution in [3.05, 3.63) is 53.6 Å². The van der Waals surface area contributed by atoms with E-state index in [4.69, 9.17) is 14.2 Å². The van der Waals surface area contributed by atoms with Gasteiger partial charge in [0.2, 0.25) is 0 Å². The van der Waals surface area contributed by atoms with Crippen molar-refractivity contribution in [2.75, 3.05) is 50.2 Å². The number of ether oxygens (including phenoxy) is 3. The van der Waals surface area contributed by atoms with Gasteiger partial charge in [0, 0.05) is 13.1 Å². The van der Waals surface area contributed by atoms with Gasteiger partial charge in [0.15, 0.2) is 6.61 Å². The smallest absolute Gasteiger partial charge is 0.416 e. The summed E-state index contributed by atoms with van der Waals surface area (Å²) in [5.74, 6) is -1.07. The highest BCUT2D eigenvalue weighted by atomic mass is 19.4. The molecular formula is C21H21F3N2O5. The standard InChI is InChI=1S/C21H21F3N2O5/c1-29-16-4-2-3-14(11-16)20(28)31-13-19(27)25-17-12-15(21(22,23)24)5-6-18(17)26-7-9-30-10-8-26/h2-6,11-12H,7-10,13H2,1H3,(H,25,27). The third kappa shape index (κ3) is 5.88. The molecule has 1 amide bonds. The van der Waals surface area contributed by atoms with Crippen molar-refractivity contribution in [1.29, 1.82) is 0 Å². The van der Waals surface area contributed by atoms with E-state index in [1.54, 1.807) is 12.1 Å². The summed E-state index contributed by atoms with van der Waals surface area (Å²) in [5, 5.41) is 2.43. The number of rotatable bonds is 6. The van der Waals surface area contributed by atoms with E-state index in [1.165, 1.54) is 25.3 Å². The molecule has 0 aliphatic carbocycles. The molecule has 0 bridgehead atoms. The number of alkyl halides is 3. The number of morpholine rings is 1. The Balaban J connectivity index is 1.71. The number of benzene rings is 2. The Hall–Kier alpha value is -3.27. The highest BCUT2D eigenvalue weighted by Gasteiger charge is 2.32. The van der Waals surface area contributed by atoms with Gasteiger partial charge in [-0.15, -0.1) is 0 Å². The molecule has 31 heavy (non-hydrogen) atoms. The molecule has 0 aromatic heterocycles. The molecule has 3 rings (SSSR count). The van der Waals surface area contributed by atoms with Crippen LogP contribution in [0.25, 0.3) is 0 Å². The van der Waals surface area contributed by atoms with Gasteiger partial charge < -0.3 is 24.4 Å². The summed E-state index contributed by atoms with van der Waals surface area (Å²) in [7, 11) is 1.44. The minimum atomic E-state index is -4.57. The molecule has 1 aliphatic rings. The molecule has 1 aliphatic heterocycles. The Labute approximate surface area is 176 Å². The highest BCUT2D eigenvalue weighted by Crippen LogP contribution is 2.35. The minimum absolute atomic E-state index is 0.0147. The van der Waals surface area contributed by atoms with Crippen LogP contribution in [0.2, 0.25) is 0 Å². The number of nitrogens with zero attached hydrogens (tertiary/aromatic N) is 1. The zero-order valence-corrected chi connectivity index (χ0v) is 16.7. The van der Waals surface area contributed by atoms with Crippen LogP contribution in [-0.4, -0.2) is 51.9 Å². The topological polar surface area (TPSA) is 77.1 Å². The monoisotopic (exact) mass is 438 g/mol. The van der Waals surface area contributed by atoms with E-state index < -0.39 is 30.2 Å². The number of nitrogens with one attached hydrogen (secondary N) is 1. The van der Waals surface area contributed by atoms with Crippen LogP contribution in [0.4, 0.5) is 24.5 Å². The molecule has 0 radical (unpaired) electrons. The van der Waals surface area contributed by atoms with Crippen LogP contribution < -0.4 is 15.0 Å². The average Bonchev–Trinajstić information content (AvgIpc) is 2.77. The Bertz CT molecular complexity index is 943. The fourth-order valence-corrected chi connectivity index (χ4v) is 3.04. The van der Waals surface area contributed by atoms with Crippen LogP contribution in [0.15, 0.2) is 42.5 Å². The zero-order chi connectivity index (χ0) is 22.4. The van der Waals surface area contributed by atoms with Crippen LogP contribution in [0, 0.1) is 0 Å². The third-order valence-electron chi connectivity index (χ3n) is 4.59. The average molecular weight is 438 g/mol. The fourth-order valence-electron chi connectivity index (χ4n) is 3.04. The first-order valence-electron chi connectivity index (χ1n) is 9.43. The maximum atomic E-state index is 13.2. The van der Waals surface area contributed by atoms with Gasteiger partial charge in [-0.25, -0.2) is 4.79 Å². The maximum Gasteiger partial charge on any atom is 0.416 e. The van der Waals surface area contributed by atoms with Crippen molar-refractivity contribution < 1.29 is 37.0 Å². The maximum absolute atomic E-state index is 13.2. The number of halogens is 3. The van der Waals surface area contributed by atoms with E-state index in [9.17, 15) is 22.8 Å². The Morgan fingerprint density at radius 3 is 2.55 bits per heavy atom. The van der Waals surface area contributed by atoms with Crippen molar-refractivity contribution in [3.63, 3.8) is 0 Å². The first-order valence-corrected chi connectivity index (χ1v) is 9.43. The summed E-state index contributed by atoms with van der Waals surface area (Å²) in [6.45, 7) is 1.13. The molecule has 1 N–H and O–H groups in total. The number of hydrogen-bond acceptors (Lipinski definition) is 6. The molecule has 0 saturated carbocycles. The molecule has 0 unspecified atom stereocenters. The summed E-state index contributed by atoms with van der Waals surface area (Å²) in [6.07, 6.45) is -4.57. The fraction of sp³-hybridized carbons (Fsp3) is 0.333. The molecule has 2 aromatic rings. The molecule has 10 heteroatoms. The van der Waals surface area contributed by atoms with Crippen LogP contribution >= 0.6 is 0 Å². The second kappa shape index (κ2) is 9.69. The van der Waals surface area contributed by atoms with Crippen molar-refractivity contribution in [2.45, 2.75) is 6.18 Å². The lowest BCUT2D eigenvalue weighted by molar-refractivity contribution is -0.137.